The first-order valence-electron chi connectivity index (χ1n) is 10.8. The standard InChI is InChI=1S/C25H28O5/c1-5-8-11-28-25(27)30-24-21-18-10-9-17(29-18)20(21)23(26)22(24)19-15(6-2)12-14(4)13-16(19)7-3/h12-13,17-18,20-21H,6-7,9-11H2,1-4H3/t17?,18?,20-,21+/m0/s1. The van der Waals surface area contributed by atoms with E-state index >= 15 is 0 Å². The highest BCUT2D eigenvalue weighted by atomic mass is 16.7. The van der Waals surface area contributed by atoms with E-state index in [0.29, 0.717) is 11.3 Å². The molecule has 1 aliphatic carbocycles. The van der Waals surface area contributed by atoms with Crippen molar-refractivity contribution in [2.24, 2.45) is 11.8 Å². The monoisotopic (exact) mass is 408 g/mol. The zero-order valence-corrected chi connectivity index (χ0v) is 18.0. The van der Waals surface area contributed by atoms with Gasteiger partial charge in [-0.25, -0.2) is 4.79 Å². The number of rotatable bonds is 5. The lowest BCUT2D eigenvalue weighted by Crippen LogP contribution is -2.30. The van der Waals surface area contributed by atoms with Crippen molar-refractivity contribution in [3.05, 3.63) is 40.1 Å². The zero-order valence-electron chi connectivity index (χ0n) is 18.0. The molecule has 5 nitrogen and oxygen atoms in total. The Morgan fingerprint density at radius 3 is 2.37 bits per heavy atom. The number of benzene rings is 1. The van der Waals surface area contributed by atoms with E-state index in [0.717, 1.165) is 42.4 Å². The van der Waals surface area contributed by atoms with Crippen molar-refractivity contribution in [1.82, 2.24) is 0 Å². The van der Waals surface area contributed by atoms with E-state index in [1.54, 1.807) is 6.92 Å². The highest BCUT2D eigenvalue weighted by Crippen LogP contribution is 2.55. The molecule has 0 N–H and O–H groups in total. The molecule has 0 radical (unpaired) electrons. The molecule has 3 aliphatic rings. The Balaban J connectivity index is 1.83. The summed E-state index contributed by atoms with van der Waals surface area (Å²) in [5.41, 5.74) is 4.87. The van der Waals surface area contributed by atoms with Crippen LogP contribution < -0.4 is 0 Å². The van der Waals surface area contributed by atoms with Crippen LogP contribution in [0, 0.1) is 30.6 Å². The van der Waals surface area contributed by atoms with Crippen LogP contribution in [0.15, 0.2) is 17.9 Å². The number of hydrogen-bond acceptors (Lipinski definition) is 5. The first-order chi connectivity index (χ1) is 14.5. The molecular weight excluding hydrogens is 380 g/mol. The molecule has 2 heterocycles. The van der Waals surface area contributed by atoms with E-state index in [-0.39, 0.29) is 36.4 Å². The van der Waals surface area contributed by atoms with Crippen LogP contribution in [0.5, 0.6) is 0 Å². The van der Waals surface area contributed by atoms with Gasteiger partial charge in [0.1, 0.15) is 5.76 Å². The van der Waals surface area contributed by atoms with E-state index in [4.69, 9.17) is 14.2 Å². The van der Waals surface area contributed by atoms with Gasteiger partial charge < -0.3 is 14.2 Å². The molecule has 158 valence electrons. The van der Waals surface area contributed by atoms with Gasteiger partial charge in [0, 0.05) is 0 Å². The van der Waals surface area contributed by atoms with E-state index in [1.165, 1.54) is 5.56 Å². The summed E-state index contributed by atoms with van der Waals surface area (Å²) in [4.78, 5) is 26.1. The summed E-state index contributed by atoms with van der Waals surface area (Å²) in [7, 11) is 0. The molecule has 2 aliphatic heterocycles. The van der Waals surface area contributed by atoms with Gasteiger partial charge in [0.15, 0.2) is 12.4 Å². The molecule has 0 spiro atoms. The number of aryl methyl sites for hydroxylation is 3. The Kier molecular flexibility index (Phi) is 5.71. The minimum atomic E-state index is -0.815. The SMILES string of the molecule is CC#CCOC(=O)OC1=C(c2c(CC)cc(C)cc2CC)C(=O)[C@H]2C3CCC(O3)[C@@H]12. The zero-order chi connectivity index (χ0) is 21.4. The summed E-state index contributed by atoms with van der Waals surface area (Å²) in [6.07, 6.45) is 2.36. The Morgan fingerprint density at radius 2 is 1.77 bits per heavy atom. The first-order valence-corrected chi connectivity index (χ1v) is 10.8. The normalized spacial score (nSPS) is 26.5. The molecule has 30 heavy (non-hydrogen) atoms. The summed E-state index contributed by atoms with van der Waals surface area (Å²) in [5, 5.41) is 0. The van der Waals surface area contributed by atoms with E-state index in [2.05, 4.69) is 44.7 Å². The number of Topliss-reactive ketones (excluding diaryl/α,β-unsaturated/α-hetero) is 1. The maximum absolute atomic E-state index is 13.7. The van der Waals surface area contributed by atoms with Crippen molar-refractivity contribution < 1.29 is 23.8 Å². The first kappa shape index (κ1) is 20.7. The van der Waals surface area contributed by atoms with Crippen LogP contribution in [0.1, 0.15) is 55.9 Å². The van der Waals surface area contributed by atoms with E-state index in [9.17, 15) is 9.59 Å². The molecule has 1 aromatic carbocycles. The second kappa shape index (κ2) is 8.28. The molecule has 2 fully saturated rings. The molecule has 0 amide bonds. The van der Waals surface area contributed by atoms with Gasteiger partial charge in [0.05, 0.1) is 29.6 Å². The molecule has 0 aromatic heterocycles. The molecule has 2 unspecified atom stereocenters. The largest absolute Gasteiger partial charge is 0.514 e. The molecule has 2 bridgehead atoms. The second-order valence-corrected chi connectivity index (χ2v) is 8.18. The van der Waals surface area contributed by atoms with Crippen molar-refractivity contribution in [1.29, 1.82) is 0 Å². The van der Waals surface area contributed by atoms with Crippen LogP contribution in [-0.2, 0) is 31.8 Å². The fourth-order valence-electron chi connectivity index (χ4n) is 5.27. The highest BCUT2D eigenvalue weighted by Gasteiger charge is 2.60. The van der Waals surface area contributed by atoms with Gasteiger partial charge in [-0.1, -0.05) is 37.5 Å². The van der Waals surface area contributed by atoms with Gasteiger partial charge in [-0.3, -0.25) is 4.79 Å². The number of carbonyl (C=O) groups excluding carboxylic acids is 2. The summed E-state index contributed by atoms with van der Waals surface area (Å²) in [5.74, 6) is 5.36. The average Bonchev–Trinajstić information content (AvgIpc) is 3.41. The number of allylic oxidation sites excluding steroid dienone is 1. The molecule has 2 saturated heterocycles. The number of carbonyl (C=O) groups is 2. The van der Waals surface area contributed by atoms with Crippen molar-refractivity contribution in [2.45, 2.75) is 65.6 Å². The van der Waals surface area contributed by atoms with Crippen LogP contribution >= 0.6 is 0 Å². The minimum Gasteiger partial charge on any atom is -0.421 e. The lowest BCUT2D eigenvalue weighted by Gasteiger charge is -2.21. The fourth-order valence-corrected chi connectivity index (χ4v) is 5.27. The van der Waals surface area contributed by atoms with Crippen molar-refractivity contribution in [3.8, 4) is 11.8 Å². The lowest BCUT2D eigenvalue weighted by atomic mass is 9.80. The van der Waals surface area contributed by atoms with Gasteiger partial charge >= 0.3 is 6.16 Å². The van der Waals surface area contributed by atoms with E-state index < -0.39 is 6.16 Å². The third kappa shape index (κ3) is 3.33. The minimum absolute atomic E-state index is 0.0342. The van der Waals surface area contributed by atoms with Crippen LogP contribution in [-0.4, -0.2) is 30.8 Å². The summed E-state index contributed by atoms with van der Waals surface area (Å²) < 4.78 is 16.9. The molecule has 5 heteroatoms. The molecule has 4 rings (SSSR count). The Bertz CT molecular complexity index is 952. The van der Waals surface area contributed by atoms with Crippen LogP contribution in [0.25, 0.3) is 5.57 Å². The maximum Gasteiger partial charge on any atom is 0.514 e. The Morgan fingerprint density at radius 1 is 1.13 bits per heavy atom. The average molecular weight is 408 g/mol. The molecule has 4 atom stereocenters. The smallest absolute Gasteiger partial charge is 0.421 e. The molecule has 0 saturated carbocycles. The van der Waals surface area contributed by atoms with Gasteiger partial charge in [0.25, 0.3) is 0 Å². The third-order valence-electron chi connectivity index (χ3n) is 6.46. The maximum atomic E-state index is 13.7. The number of ketones is 1. The number of hydrogen-bond donors (Lipinski definition) is 0. The predicted octanol–water partition coefficient (Wildman–Crippen LogP) is 4.38. The fraction of sp³-hybridized carbons (Fsp3) is 0.520. The van der Waals surface area contributed by atoms with Crippen molar-refractivity contribution in [3.63, 3.8) is 0 Å². The van der Waals surface area contributed by atoms with Crippen LogP contribution in [0.2, 0.25) is 0 Å². The highest BCUT2D eigenvalue weighted by molar-refractivity contribution is 6.26. The Hall–Kier alpha value is -2.58. The number of ether oxygens (including phenoxy) is 3. The molecule has 1 aromatic rings. The van der Waals surface area contributed by atoms with Gasteiger partial charge in [-0.05, 0) is 56.2 Å². The van der Waals surface area contributed by atoms with Gasteiger partial charge in [-0.2, -0.15) is 0 Å². The quantitative estimate of drug-likeness (QED) is 0.534. The van der Waals surface area contributed by atoms with Crippen molar-refractivity contribution in [2.75, 3.05) is 6.61 Å². The van der Waals surface area contributed by atoms with Crippen LogP contribution in [0.3, 0.4) is 0 Å². The molecular formula is C25H28O5. The van der Waals surface area contributed by atoms with Crippen molar-refractivity contribution >= 4 is 17.5 Å². The summed E-state index contributed by atoms with van der Waals surface area (Å²) in [6, 6.07) is 4.25. The predicted molar refractivity (Wildman–Crippen MR) is 113 cm³/mol. The third-order valence-corrected chi connectivity index (χ3v) is 6.46. The lowest BCUT2D eigenvalue weighted by molar-refractivity contribution is -0.118. The second-order valence-electron chi connectivity index (χ2n) is 8.18. The van der Waals surface area contributed by atoms with Gasteiger partial charge in [0.2, 0.25) is 0 Å². The summed E-state index contributed by atoms with van der Waals surface area (Å²) >= 11 is 0. The van der Waals surface area contributed by atoms with E-state index in [1.807, 2.05) is 0 Å². The van der Waals surface area contributed by atoms with Gasteiger partial charge in [-0.15, -0.1) is 5.92 Å². The topological polar surface area (TPSA) is 61.8 Å². The summed E-state index contributed by atoms with van der Waals surface area (Å²) in [6.45, 7) is 7.89. The number of fused-ring (bicyclic) bond motifs is 5. The Labute approximate surface area is 177 Å². The van der Waals surface area contributed by atoms with Crippen LogP contribution in [0.4, 0.5) is 4.79 Å².